The number of benzene rings is 1. The summed E-state index contributed by atoms with van der Waals surface area (Å²) in [6.45, 7) is 3.28. The molecule has 24 heavy (non-hydrogen) atoms. The van der Waals surface area contributed by atoms with E-state index in [2.05, 4.69) is 5.32 Å². The van der Waals surface area contributed by atoms with Crippen LogP contribution in [-0.4, -0.2) is 50.1 Å². The number of nitrogens with zero attached hydrogens (tertiary/aromatic N) is 1. The number of carbonyl (C=O) groups is 2. The van der Waals surface area contributed by atoms with Gasteiger partial charge in [-0.3, -0.25) is 9.59 Å². The normalized spacial score (nSPS) is 15.0. The molecule has 0 spiro atoms. The van der Waals surface area contributed by atoms with Crippen LogP contribution >= 0.6 is 0 Å². The smallest absolute Gasteiger partial charge is 0.253 e. The van der Waals surface area contributed by atoms with Crippen LogP contribution in [0.5, 0.6) is 11.5 Å². The van der Waals surface area contributed by atoms with E-state index >= 15 is 0 Å². The van der Waals surface area contributed by atoms with Crippen molar-refractivity contribution in [1.82, 2.24) is 10.2 Å². The largest absolute Gasteiger partial charge is 0.493 e. The second-order valence-electron chi connectivity index (χ2n) is 5.95. The molecule has 1 heterocycles. The molecule has 1 fully saturated rings. The number of hydrogen-bond acceptors (Lipinski definition) is 4. The number of amides is 2. The quantitative estimate of drug-likeness (QED) is 0.866. The lowest BCUT2D eigenvalue weighted by Gasteiger charge is -2.32. The van der Waals surface area contributed by atoms with Gasteiger partial charge < -0.3 is 19.7 Å². The molecule has 2 rings (SSSR count). The van der Waals surface area contributed by atoms with Gasteiger partial charge in [-0.05, 0) is 37.5 Å². The molecule has 6 nitrogen and oxygen atoms in total. The monoisotopic (exact) mass is 334 g/mol. The fraction of sp³-hybridized carbons (Fsp3) is 0.556. The van der Waals surface area contributed by atoms with Gasteiger partial charge in [-0.15, -0.1) is 0 Å². The lowest BCUT2D eigenvalue weighted by atomic mass is 10.0. The van der Waals surface area contributed by atoms with Gasteiger partial charge in [0.2, 0.25) is 5.91 Å². The summed E-state index contributed by atoms with van der Waals surface area (Å²) in [5, 5.41) is 3.04. The van der Waals surface area contributed by atoms with Crippen molar-refractivity contribution in [3.05, 3.63) is 23.8 Å². The fourth-order valence-electron chi connectivity index (χ4n) is 2.91. The lowest BCUT2D eigenvalue weighted by Crippen LogP contribution is -2.46. The minimum absolute atomic E-state index is 0.0192. The summed E-state index contributed by atoms with van der Waals surface area (Å²) < 4.78 is 10.5. The maximum atomic E-state index is 12.6. The van der Waals surface area contributed by atoms with Crippen LogP contribution in [-0.2, 0) is 4.79 Å². The van der Waals surface area contributed by atoms with Crippen LogP contribution in [0.25, 0.3) is 0 Å². The highest BCUT2D eigenvalue weighted by atomic mass is 16.5. The second kappa shape index (κ2) is 8.57. The van der Waals surface area contributed by atoms with E-state index in [1.165, 1.54) is 0 Å². The van der Waals surface area contributed by atoms with Crippen molar-refractivity contribution in [2.45, 2.75) is 38.6 Å². The molecule has 132 valence electrons. The van der Waals surface area contributed by atoms with Crippen LogP contribution < -0.4 is 14.8 Å². The Kier molecular flexibility index (Phi) is 6.46. The molecule has 6 heteroatoms. The summed E-state index contributed by atoms with van der Waals surface area (Å²) in [4.78, 5) is 26.1. The fourth-order valence-corrected chi connectivity index (χ4v) is 2.91. The van der Waals surface area contributed by atoms with Crippen LogP contribution in [0.15, 0.2) is 18.2 Å². The van der Waals surface area contributed by atoms with Gasteiger partial charge >= 0.3 is 0 Å². The molecular formula is C18H26N2O4. The maximum absolute atomic E-state index is 12.6. The first-order valence-corrected chi connectivity index (χ1v) is 8.39. The predicted molar refractivity (Wildman–Crippen MR) is 91.5 cm³/mol. The van der Waals surface area contributed by atoms with E-state index < -0.39 is 0 Å². The number of nitrogens with one attached hydrogen (secondary N) is 1. The molecule has 0 saturated carbocycles. The molecule has 0 aliphatic carbocycles. The number of methoxy groups -OCH3 is 2. The number of ether oxygens (including phenoxy) is 2. The molecule has 1 aromatic rings. The third-order valence-corrected chi connectivity index (χ3v) is 4.25. The number of hydrogen-bond donors (Lipinski definition) is 1. The average molecular weight is 334 g/mol. The molecule has 1 N–H and O–H groups in total. The number of carbonyl (C=O) groups excluding carboxylic acids is 2. The van der Waals surface area contributed by atoms with Gasteiger partial charge in [0, 0.05) is 31.1 Å². The zero-order valence-electron chi connectivity index (χ0n) is 14.6. The van der Waals surface area contributed by atoms with Crippen molar-refractivity contribution in [2.24, 2.45) is 0 Å². The molecule has 1 saturated heterocycles. The van der Waals surface area contributed by atoms with E-state index in [0.717, 1.165) is 19.3 Å². The lowest BCUT2D eigenvalue weighted by molar-refractivity contribution is -0.122. The highest BCUT2D eigenvalue weighted by molar-refractivity contribution is 5.95. The average Bonchev–Trinajstić information content (AvgIpc) is 2.61. The molecule has 1 aliphatic heterocycles. The zero-order chi connectivity index (χ0) is 17.5. The Morgan fingerprint density at radius 3 is 2.42 bits per heavy atom. The molecular weight excluding hydrogens is 308 g/mol. The van der Waals surface area contributed by atoms with Crippen molar-refractivity contribution >= 4 is 11.8 Å². The van der Waals surface area contributed by atoms with E-state index in [1.54, 1.807) is 32.4 Å². The first-order valence-electron chi connectivity index (χ1n) is 8.39. The van der Waals surface area contributed by atoms with Crippen LogP contribution in [0.2, 0.25) is 0 Å². The van der Waals surface area contributed by atoms with E-state index in [-0.39, 0.29) is 17.9 Å². The summed E-state index contributed by atoms with van der Waals surface area (Å²) in [7, 11) is 3.12. The molecule has 0 atom stereocenters. The number of piperidine rings is 1. The third kappa shape index (κ3) is 4.40. The Morgan fingerprint density at radius 1 is 1.17 bits per heavy atom. The van der Waals surface area contributed by atoms with Crippen LogP contribution in [0, 0.1) is 0 Å². The molecule has 0 unspecified atom stereocenters. The summed E-state index contributed by atoms with van der Waals surface area (Å²) in [5.41, 5.74) is 0.584. The van der Waals surface area contributed by atoms with Gasteiger partial charge in [0.15, 0.2) is 11.5 Å². The SMILES string of the molecule is CCCC(=O)NC1CCN(C(=O)c2ccc(OC)c(OC)c2)CC1. The van der Waals surface area contributed by atoms with Crippen molar-refractivity contribution in [3.63, 3.8) is 0 Å². The molecule has 0 bridgehead atoms. The second-order valence-corrected chi connectivity index (χ2v) is 5.95. The van der Waals surface area contributed by atoms with E-state index in [1.807, 2.05) is 11.8 Å². The van der Waals surface area contributed by atoms with Crippen molar-refractivity contribution < 1.29 is 19.1 Å². The summed E-state index contributed by atoms with van der Waals surface area (Å²) in [6.07, 6.45) is 2.98. The minimum atomic E-state index is -0.0192. The van der Waals surface area contributed by atoms with Crippen LogP contribution in [0.3, 0.4) is 0 Å². The Balaban J connectivity index is 1.94. The topological polar surface area (TPSA) is 67.9 Å². The Bertz CT molecular complexity index is 580. The highest BCUT2D eigenvalue weighted by Crippen LogP contribution is 2.28. The summed E-state index contributed by atoms with van der Waals surface area (Å²) >= 11 is 0. The first kappa shape index (κ1) is 18.1. The minimum Gasteiger partial charge on any atom is -0.493 e. The number of rotatable bonds is 6. The molecule has 1 aliphatic rings. The Morgan fingerprint density at radius 2 is 1.83 bits per heavy atom. The van der Waals surface area contributed by atoms with Gasteiger partial charge in [-0.1, -0.05) is 6.92 Å². The van der Waals surface area contributed by atoms with Gasteiger partial charge in [-0.2, -0.15) is 0 Å². The summed E-state index contributed by atoms with van der Waals surface area (Å²) in [6, 6.07) is 5.36. The van der Waals surface area contributed by atoms with Crippen LogP contribution in [0.1, 0.15) is 43.0 Å². The third-order valence-electron chi connectivity index (χ3n) is 4.25. The standard InChI is InChI=1S/C18H26N2O4/c1-4-5-17(21)19-14-8-10-20(11-9-14)18(22)13-6-7-15(23-2)16(12-13)24-3/h6-7,12,14H,4-5,8-11H2,1-3H3,(H,19,21). The van der Waals surface area contributed by atoms with E-state index in [4.69, 9.17) is 9.47 Å². The van der Waals surface area contributed by atoms with Gasteiger partial charge in [0.05, 0.1) is 14.2 Å². The highest BCUT2D eigenvalue weighted by Gasteiger charge is 2.25. The predicted octanol–water partition coefficient (Wildman–Crippen LogP) is 2.22. The van der Waals surface area contributed by atoms with E-state index in [0.29, 0.717) is 36.6 Å². The van der Waals surface area contributed by atoms with Gasteiger partial charge in [0.1, 0.15) is 0 Å². The Hall–Kier alpha value is -2.24. The van der Waals surface area contributed by atoms with Crippen LogP contribution in [0.4, 0.5) is 0 Å². The summed E-state index contributed by atoms with van der Waals surface area (Å²) in [5.74, 6) is 1.23. The van der Waals surface area contributed by atoms with Gasteiger partial charge in [0.25, 0.3) is 5.91 Å². The molecule has 2 amide bonds. The van der Waals surface area contributed by atoms with Crippen molar-refractivity contribution in [3.8, 4) is 11.5 Å². The molecule has 0 radical (unpaired) electrons. The zero-order valence-corrected chi connectivity index (χ0v) is 14.6. The first-order chi connectivity index (χ1) is 11.6. The maximum Gasteiger partial charge on any atom is 0.253 e. The molecule has 1 aromatic carbocycles. The molecule has 0 aromatic heterocycles. The van der Waals surface area contributed by atoms with E-state index in [9.17, 15) is 9.59 Å². The number of likely N-dealkylation sites (tertiary alicyclic amines) is 1. The Labute approximate surface area is 143 Å². The van der Waals surface area contributed by atoms with Gasteiger partial charge in [-0.25, -0.2) is 0 Å². The van der Waals surface area contributed by atoms with Crippen molar-refractivity contribution in [2.75, 3.05) is 27.3 Å². The van der Waals surface area contributed by atoms with Crippen molar-refractivity contribution in [1.29, 1.82) is 0 Å².